The van der Waals surface area contributed by atoms with E-state index < -0.39 is 0 Å². The van der Waals surface area contributed by atoms with Gasteiger partial charge in [0, 0.05) is 6.07 Å². The highest BCUT2D eigenvalue weighted by Gasteiger charge is 2.17. The number of hydrogen-bond donors (Lipinski definition) is 1. The molecule has 1 heterocycles. The normalized spacial score (nSPS) is 12.2. The summed E-state index contributed by atoms with van der Waals surface area (Å²) in [6, 6.07) is 8.42. The van der Waals surface area contributed by atoms with E-state index in [-0.39, 0.29) is 6.04 Å². The standard InChI is InChI=1S/C16H21N3O/c1-5-17-16(13-7-6-11(2)8-12(13)3)14-9-15(20-4)19-10-18-14/h6-10,16-17H,5H2,1-4H3. The molecule has 0 aliphatic carbocycles. The Bertz CT molecular complexity index is 584. The monoisotopic (exact) mass is 271 g/mol. The highest BCUT2D eigenvalue weighted by Crippen LogP contribution is 2.25. The SMILES string of the molecule is CCNC(c1cc(OC)ncn1)c1ccc(C)cc1C. The fraction of sp³-hybridized carbons (Fsp3) is 0.375. The molecule has 0 spiro atoms. The van der Waals surface area contributed by atoms with Crippen molar-refractivity contribution in [2.75, 3.05) is 13.7 Å². The molecular weight excluding hydrogens is 250 g/mol. The van der Waals surface area contributed by atoms with E-state index in [0.29, 0.717) is 5.88 Å². The fourth-order valence-electron chi connectivity index (χ4n) is 2.35. The Morgan fingerprint density at radius 1 is 1.20 bits per heavy atom. The third-order valence-corrected chi connectivity index (χ3v) is 3.31. The molecule has 1 N–H and O–H groups in total. The van der Waals surface area contributed by atoms with E-state index in [1.807, 2.05) is 6.07 Å². The van der Waals surface area contributed by atoms with Gasteiger partial charge in [0.1, 0.15) is 6.33 Å². The molecule has 2 rings (SSSR count). The highest BCUT2D eigenvalue weighted by molar-refractivity contribution is 5.37. The van der Waals surface area contributed by atoms with Crippen LogP contribution in [0.25, 0.3) is 0 Å². The smallest absolute Gasteiger partial charge is 0.216 e. The van der Waals surface area contributed by atoms with Crippen LogP contribution in [0.1, 0.15) is 35.3 Å². The summed E-state index contributed by atoms with van der Waals surface area (Å²) in [5.74, 6) is 0.586. The van der Waals surface area contributed by atoms with Crippen molar-refractivity contribution in [3.8, 4) is 5.88 Å². The maximum atomic E-state index is 5.19. The molecule has 0 aliphatic rings. The molecule has 1 aromatic carbocycles. The second-order valence-corrected chi connectivity index (χ2v) is 4.84. The first kappa shape index (κ1) is 14.5. The lowest BCUT2D eigenvalue weighted by atomic mass is 9.97. The van der Waals surface area contributed by atoms with Crippen LogP contribution in [0.3, 0.4) is 0 Å². The fourth-order valence-corrected chi connectivity index (χ4v) is 2.35. The van der Waals surface area contributed by atoms with Gasteiger partial charge >= 0.3 is 0 Å². The average Bonchev–Trinajstić information content (AvgIpc) is 2.45. The predicted molar refractivity (Wildman–Crippen MR) is 80.0 cm³/mol. The van der Waals surface area contributed by atoms with E-state index in [1.54, 1.807) is 13.4 Å². The summed E-state index contributed by atoms with van der Waals surface area (Å²) in [4.78, 5) is 8.46. The summed E-state index contributed by atoms with van der Waals surface area (Å²) in [7, 11) is 1.62. The van der Waals surface area contributed by atoms with Crippen molar-refractivity contribution in [2.24, 2.45) is 0 Å². The summed E-state index contributed by atoms with van der Waals surface area (Å²) in [6.45, 7) is 7.19. The van der Waals surface area contributed by atoms with Crippen LogP contribution < -0.4 is 10.1 Å². The van der Waals surface area contributed by atoms with Gasteiger partial charge in [-0.3, -0.25) is 0 Å². The number of aryl methyl sites for hydroxylation is 2. The lowest BCUT2D eigenvalue weighted by molar-refractivity contribution is 0.395. The third kappa shape index (κ3) is 3.14. The topological polar surface area (TPSA) is 47.0 Å². The zero-order chi connectivity index (χ0) is 14.5. The Labute approximate surface area is 120 Å². The van der Waals surface area contributed by atoms with Crippen molar-refractivity contribution in [2.45, 2.75) is 26.8 Å². The van der Waals surface area contributed by atoms with Gasteiger partial charge in [-0.2, -0.15) is 0 Å². The van der Waals surface area contributed by atoms with Crippen LogP contribution in [0.15, 0.2) is 30.6 Å². The van der Waals surface area contributed by atoms with Crippen LogP contribution in [0, 0.1) is 13.8 Å². The number of methoxy groups -OCH3 is 1. The second-order valence-electron chi connectivity index (χ2n) is 4.84. The Hall–Kier alpha value is -1.94. The lowest BCUT2D eigenvalue weighted by Crippen LogP contribution is -2.24. The Morgan fingerprint density at radius 3 is 2.65 bits per heavy atom. The second kappa shape index (κ2) is 6.48. The molecule has 0 radical (unpaired) electrons. The number of aromatic nitrogens is 2. The van der Waals surface area contributed by atoms with Crippen molar-refractivity contribution in [3.63, 3.8) is 0 Å². The van der Waals surface area contributed by atoms with Gasteiger partial charge in [0.25, 0.3) is 0 Å². The van der Waals surface area contributed by atoms with E-state index in [2.05, 4.69) is 54.3 Å². The molecule has 4 nitrogen and oxygen atoms in total. The lowest BCUT2D eigenvalue weighted by Gasteiger charge is -2.20. The number of nitrogens with zero attached hydrogens (tertiary/aromatic N) is 2. The molecule has 2 aromatic rings. The summed E-state index contributed by atoms with van der Waals surface area (Å²) in [6.07, 6.45) is 1.54. The molecule has 4 heteroatoms. The molecule has 0 saturated heterocycles. The minimum absolute atomic E-state index is 0.0532. The summed E-state index contributed by atoms with van der Waals surface area (Å²) < 4.78 is 5.19. The summed E-state index contributed by atoms with van der Waals surface area (Å²) in [5, 5.41) is 3.48. The van der Waals surface area contributed by atoms with Gasteiger partial charge in [0.05, 0.1) is 18.8 Å². The molecule has 1 aromatic heterocycles. The molecule has 1 unspecified atom stereocenters. The van der Waals surface area contributed by atoms with Gasteiger partial charge in [-0.05, 0) is 31.5 Å². The first-order chi connectivity index (χ1) is 9.65. The van der Waals surface area contributed by atoms with Crippen LogP contribution in [-0.4, -0.2) is 23.6 Å². The number of nitrogens with one attached hydrogen (secondary N) is 1. The number of hydrogen-bond acceptors (Lipinski definition) is 4. The van der Waals surface area contributed by atoms with Crippen molar-refractivity contribution in [1.82, 2.24) is 15.3 Å². The Morgan fingerprint density at radius 2 is 2.00 bits per heavy atom. The van der Waals surface area contributed by atoms with Crippen molar-refractivity contribution < 1.29 is 4.74 Å². The number of benzene rings is 1. The summed E-state index contributed by atoms with van der Waals surface area (Å²) >= 11 is 0. The molecule has 0 saturated carbocycles. The molecule has 0 amide bonds. The van der Waals surface area contributed by atoms with Crippen LogP contribution in [0.5, 0.6) is 5.88 Å². The van der Waals surface area contributed by atoms with Crippen LogP contribution >= 0.6 is 0 Å². The van der Waals surface area contributed by atoms with Crippen molar-refractivity contribution in [1.29, 1.82) is 0 Å². The van der Waals surface area contributed by atoms with E-state index in [0.717, 1.165) is 12.2 Å². The van der Waals surface area contributed by atoms with Gasteiger partial charge in [0.15, 0.2) is 0 Å². The van der Waals surface area contributed by atoms with Gasteiger partial charge in [-0.1, -0.05) is 30.7 Å². The first-order valence-corrected chi connectivity index (χ1v) is 6.82. The zero-order valence-corrected chi connectivity index (χ0v) is 12.5. The third-order valence-electron chi connectivity index (χ3n) is 3.31. The van der Waals surface area contributed by atoms with Gasteiger partial charge in [0.2, 0.25) is 5.88 Å². The average molecular weight is 271 g/mol. The van der Waals surface area contributed by atoms with Gasteiger partial charge in [-0.25, -0.2) is 9.97 Å². The van der Waals surface area contributed by atoms with Crippen LogP contribution in [0.2, 0.25) is 0 Å². The molecule has 20 heavy (non-hydrogen) atoms. The molecule has 106 valence electrons. The maximum Gasteiger partial charge on any atom is 0.216 e. The molecular formula is C16H21N3O. The molecule has 0 fully saturated rings. The van der Waals surface area contributed by atoms with E-state index in [1.165, 1.54) is 16.7 Å². The minimum atomic E-state index is 0.0532. The van der Waals surface area contributed by atoms with Crippen LogP contribution in [0.4, 0.5) is 0 Å². The maximum absolute atomic E-state index is 5.19. The Kier molecular flexibility index (Phi) is 4.69. The number of rotatable bonds is 5. The molecule has 1 atom stereocenters. The summed E-state index contributed by atoms with van der Waals surface area (Å²) in [5.41, 5.74) is 4.68. The number of ether oxygens (including phenoxy) is 1. The van der Waals surface area contributed by atoms with Crippen molar-refractivity contribution in [3.05, 3.63) is 53.0 Å². The molecule has 0 aliphatic heterocycles. The van der Waals surface area contributed by atoms with Gasteiger partial charge < -0.3 is 10.1 Å². The zero-order valence-electron chi connectivity index (χ0n) is 12.5. The minimum Gasteiger partial charge on any atom is -0.481 e. The largest absolute Gasteiger partial charge is 0.481 e. The molecule has 0 bridgehead atoms. The predicted octanol–water partition coefficient (Wildman–Crippen LogP) is 2.80. The Balaban J connectivity index is 2.44. The highest BCUT2D eigenvalue weighted by atomic mass is 16.5. The quantitative estimate of drug-likeness (QED) is 0.908. The first-order valence-electron chi connectivity index (χ1n) is 6.82. The van der Waals surface area contributed by atoms with Crippen LogP contribution in [-0.2, 0) is 0 Å². The van der Waals surface area contributed by atoms with E-state index >= 15 is 0 Å². The van der Waals surface area contributed by atoms with Gasteiger partial charge in [-0.15, -0.1) is 0 Å². The van der Waals surface area contributed by atoms with Crippen molar-refractivity contribution >= 4 is 0 Å². The van der Waals surface area contributed by atoms with E-state index in [4.69, 9.17) is 4.74 Å². The van der Waals surface area contributed by atoms with E-state index in [9.17, 15) is 0 Å².